The van der Waals surface area contributed by atoms with E-state index in [1.165, 1.54) is 30.4 Å². The molecule has 4 aromatic rings. The number of likely N-dealkylation sites (tertiary alicyclic amines) is 1. The number of halogens is 2. The highest BCUT2D eigenvalue weighted by Crippen LogP contribution is 2.36. The Kier molecular flexibility index (Phi) is 5.51. The fourth-order valence-corrected chi connectivity index (χ4v) is 4.16. The maximum atomic E-state index is 14.1. The van der Waals surface area contributed by atoms with Crippen molar-refractivity contribution in [1.29, 1.82) is 0 Å². The summed E-state index contributed by atoms with van der Waals surface area (Å²) in [5.41, 5.74) is 1.23. The van der Waals surface area contributed by atoms with Crippen LogP contribution in [0.15, 0.2) is 53.3 Å². The van der Waals surface area contributed by atoms with E-state index in [9.17, 15) is 9.18 Å². The van der Waals surface area contributed by atoms with Gasteiger partial charge in [0, 0.05) is 11.6 Å². The molecule has 0 bridgehead atoms. The van der Waals surface area contributed by atoms with Crippen LogP contribution in [0.4, 0.5) is 4.39 Å². The molecule has 0 radical (unpaired) electrons. The second-order valence-corrected chi connectivity index (χ2v) is 7.85. The number of hydrogen-bond donors (Lipinski definition) is 0. The fourth-order valence-electron chi connectivity index (χ4n) is 3.99. The van der Waals surface area contributed by atoms with Crippen LogP contribution in [0.2, 0.25) is 5.02 Å². The number of para-hydroxylation sites is 1. The number of amides is 1. The molecule has 0 saturated carbocycles. The molecule has 0 N–H and O–H groups in total. The minimum atomic E-state index is -0.528. The maximum Gasteiger partial charge on any atom is 0.256 e. The number of carbonyl (C=O) groups is 1. The van der Waals surface area contributed by atoms with Gasteiger partial charge in [0.1, 0.15) is 6.04 Å². The first-order chi connectivity index (χ1) is 16.1. The van der Waals surface area contributed by atoms with Crippen molar-refractivity contribution >= 4 is 17.5 Å². The molecule has 168 valence electrons. The number of rotatable bonds is 5. The first-order valence-corrected chi connectivity index (χ1v) is 10.6. The highest BCUT2D eigenvalue weighted by molar-refractivity contribution is 6.31. The lowest BCUT2D eigenvalue weighted by Gasteiger charge is -2.23. The van der Waals surface area contributed by atoms with Gasteiger partial charge in [-0.3, -0.25) is 4.79 Å². The summed E-state index contributed by atoms with van der Waals surface area (Å²) in [4.78, 5) is 21.1. The van der Waals surface area contributed by atoms with Gasteiger partial charge in [-0.15, -0.1) is 0 Å². The molecule has 0 unspecified atom stereocenters. The first-order valence-electron chi connectivity index (χ1n) is 10.2. The summed E-state index contributed by atoms with van der Waals surface area (Å²) in [5.74, 6) is -0.303. The SMILES string of the molecule is COc1c(F)cccc1-c1noc([C@@H]2CCCN2C(=O)c2cc(Cl)ccc2-n2nccn2)n1. The van der Waals surface area contributed by atoms with Crippen molar-refractivity contribution in [3.8, 4) is 22.8 Å². The molecule has 11 heteroatoms. The third kappa shape index (κ3) is 3.82. The van der Waals surface area contributed by atoms with Crippen LogP contribution in [0.3, 0.4) is 0 Å². The molecular formula is C22H18ClFN6O3. The third-order valence-electron chi connectivity index (χ3n) is 5.48. The van der Waals surface area contributed by atoms with Crippen molar-refractivity contribution in [2.45, 2.75) is 18.9 Å². The monoisotopic (exact) mass is 468 g/mol. The average molecular weight is 469 g/mol. The Bertz CT molecular complexity index is 1310. The molecule has 1 saturated heterocycles. The van der Waals surface area contributed by atoms with E-state index in [0.29, 0.717) is 34.8 Å². The largest absolute Gasteiger partial charge is 0.493 e. The van der Waals surface area contributed by atoms with Crippen molar-refractivity contribution in [1.82, 2.24) is 30.0 Å². The van der Waals surface area contributed by atoms with Crippen LogP contribution in [0.25, 0.3) is 17.1 Å². The highest BCUT2D eigenvalue weighted by Gasteiger charge is 2.36. The minimum Gasteiger partial charge on any atom is -0.493 e. The summed E-state index contributed by atoms with van der Waals surface area (Å²) in [6.07, 6.45) is 4.46. The van der Waals surface area contributed by atoms with E-state index in [2.05, 4.69) is 20.3 Å². The molecule has 5 rings (SSSR count). The predicted molar refractivity (Wildman–Crippen MR) is 116 cm³/mol. The van der Waals surface area contributed by atoms with Crippen molar-refractivity contribution in [3.63, 3.8) is 0 Å². The van der Waals surface area contributed by atoms with Crippen LogP contribution in [0.5, 0.6) is 5.75 Å². The Morgan fingerprint density at radius 2 is 2.06 bits per heavy atom. The van der Waals surface area contributed by atoms with Crippen LogP contribution in [-0.2, 0) is 0 Å². The summed E-state index contributed by atoms with van der Waals surface area (Å²) >= 11 is 6.19. The topological polar surface area (TPSA) is 99.2 Å². The number of carbonyl (C=O) groups excluding carboxylic acids is 1. The van der Waals surface area contributed by atoms with Gasteiger partial charge in [0.2, 0.25) is 11.7 Å². The van der Waals surface area contributed by atoms with Gasteiger partial charge in [-0.25, -0.2) is 4.39 Å². The van der Waals surface area contributed by atoms with E-state index in [1.807, 2.05) is 0 Å². The van der Waals surface area contributed by atoms with Crippen molar-refractivity contribution in [2.75, 3.05) is 13.7 Å². The van der Waals surface area contributed by atoms with Gasteiger partial charge < -0.3 is 14.2 Å². The molecule has 1 amide bonds. The molecule has 1 aliphatic heterocycles. The second kappa shape index (κ2) is 8.62. The van der Waals surface area contributed by atoms with Crippen LogP contribution in [0, 0.1) is 5.82 Å². The summed E-state index contributed by atoms with van der Waals surface area (Å²) in [5, 5.41) is 12.7. The van der Waals surface area contributed by atoms with Crippen molar-refractivity contribution in [2.24, 2.45) is 0 Å². The smallest absolute Gasteiger partial charge is 0.256 e. The van der Waals surface area contributed by atoms with Gasteiger partial charge in [-0.05, 0) is 43.2 Å². The van der Waals surface area contributed by atoms with Gasteiger partial charge in [0.05, 0.1) is 36.3 Å². The van der Waals surface area contributed by atoms with Crippen molar-refractivity contribution < 1.29 is 18.4 Å². The van der Waals surface area contributed by atoms with E-state index in [-0.39, 0.29) is 23.4 Å². The number of ether oxygens (including phenoxy) is 1. The second-order valence-electron chi connectivity index (χ2n) is 7.41. The Balaban J connectivity index is 1.48. The zero-order chi connectivity index (χ0) is 22.9. The molecule has 3 heterocycles. The lowest BCUT2D eigenvalue weighted by Crippen LogP contribution is -2.31. The zero-order valence-electron chi connectivity index (χ0n) is 17.5. The molecule has 1 aliphatic rings. The molecule has 9 nitrogen and oxygen atoms in total. The predicted octanol–water partition coefficient (Wildman–Crippen LogP) is 4.10. The Morgan fingerprint density at radius 1 is 1.24 bits per heavy atom. The van der Waals surface area contributed by atoms with Crippen LogP contribution < -0.4 is 4.74 Å². The highest BCUT2D eigenvalue weighted by atomic mass is 35.5. The Morgan fingerprint density at radius 3 is 2.85 bits per heavy atom. The fraction of sp³-hybridized carbons (Fsp3) is 0.227. The minimum absolute atomic E-state index is 0.0273. The quantitative estimate of drug-likeness (QED) is 0.435. The van der Waals surface area contributed by atoms with Crippen molar-refractivity contribution in [3.05, 3.63) is 71.1 Å². The summed E-state index contributed by atoms with van der Waals surface area (Å²) in [6.45, 7) is 0.503. The summed E-state index contributed by atoms with van der Waals surface area (Å²) < 4.78 is 24.7. The van der Waals surface area contributed by atoms with Gasteiger partial charge >= 0.3 is 0 Å². The van der Waals surface area contributed by atoms with Gasteiger partial charge in [0.15, 0.2) is 11.6 Å². The normalized spacial score (nSPS) is 15.7. The van der Waals surface area contributed by atoms with Gasteiger partial charge in [0.25, 0.3) is 5.91 Å². The van der Waals surface area contributed by atoms with Crippen LogP contribution >= 0.6 is 11.6 Å². The van der Waals surface area contributed by atoms with E-state index < -0.39 is 11.9 Å². The molecule has 0 spiro atoms. The number of benzene rings is 2. The van der Waals surface area contributed by atoms with Crippen LogP contribution in [0.1, 0.15) is 35.1 Å². The lowest BCUT2D eigenvalue weighted by atomic mass is 10.1. The molecule has 2 aromatic heterocycles. The van der Waals surface area contributed by atoms with Gasteiger partial charge in [-0.1, -0.05) is 22.8 Å². The zero-order valence-corrected chi connectivity index (χ0v) is 18.2. The van der Waals surface area contributed by atoms with E-state index in [4.69, 9.17) is 20.9 Å². The molecule has 0 aliphatic carbocycles. The molecule has 1 fully saturated rings. The number of hydrogen-bond acceptors (Lipinski definition) is 7. The summed E-state index contributed by atoms with van der Waals surface area (Å²) in [7, 11) is 1.37. The Labute approximate surface area is 192 Å². The lowest BCUT2D eigenvalue weighted by molar-refractivity contribution is 0.0709. The summed E-state index contributed by atoms with van der Waals surface area (Å²) in [6, 6.07) is 9.00. The first kappa shape index (κ1) is 21.1. The Hall–Kier alpha value is -3.79. The molecule has 1 atom stereocenters. The third-order valence-corrected chi connectivity index (χ3v) is 5.71. The molecular weight excluding hydrogens is 451 g/mol. The average Bonchev–Trinajstić information content (AvgIpc) is 3.59. The molecule has 2 aromatic carbocycles. The number of nitrogens with zero attached hydrogens (tertiary/aromatic N) is 6. The van der Waals surface area contributed by atoms with E-state index >= 15 is 0 Å². The van der Waals surface area contributed by atoms with E-state index in [0.717, 1.165) is 6.42 Å². The number of aromatic nitrogens is 5. The molecule has 33 heavy (non-hydrogen) atoms. The van der Waals surface area contributed by atoms with Gasteiger partial charge in [-0.2, -0.15) is 20.0 Å². The van der Waals surface area contributed by atoms with E-state index in [1.54, 1.807) is 35.2 Å². The standard InChI is InChI=1S/C22H18ClFN6O3/c1-32-19-14(4-2-5-16(19)24)20-27-21(33-28-20)18-6-3-11-29(18)22(31)15-12-13(23)7-8-17(15)30-25-9-10-26-30/h2,4-5,7-10,12,18H,3,6,11H2,1H3/t18-/m0/s1. The number of methoxy groups -OCH3 is 1. The maximum absolute atomic E-state index is 14.1. The van der Waals surface area contributed by atoms with Crippen LogP contribution in [-0.4, -0.2) is 49.6 Å².